The van der Waals surface area contributed by atoms with Gasteiger partial charge in [-0.05, 0) is 31.2 Å². The number of non-ortho nitro benzene ring substituents is 1. The largest absolute Gasteiger partial charge is 0.422 e. The van der Waals surface area contributed by atoms with Gasteiger partial charge in [-0.2, -0.15) is 5.10 Å². The topological polar surface area (TPSA) is 97.7 Å². The van der Waals surface area contributed by atoms with E-state index in [-0.39, 0.29) is 5.69 Å². The summed E-state index contributed by atoms with van der Waals surface area (Å²) in [5.41, 5.74) is 4.19. The van der Waals surface area contributed by atoms with Crippen LogP contribution in [0.1, 0.15) is 12.5 Å². The molecule has 24 heavy (non-hydrogen) atoms. The monoisotopic (exact) mass is 323 g/mol. The molecule has 7 nitrogen and oxygen atoms in total. The number of rotatable bonds is 4. The molecule has 7 heteroatoms. The van der Waals surface area contributed by atoms with E-state index in [0.29, 0.717) is 22.5 Å². The van der Waals surface area contributed by atoms with Crippen molar-refractivity contribution in [2.24, 2.45) is 5.10 Å². The minimum absolute atomic E-state index is 0.00331. The zero-order valence-electron chi connectivity index (χ0n) is 12.7. The van der Waals surface area contributed by atoms with Crippen LogP contribution in [0.15, 0.2) is 68.9 Å². The van der Waals surface area contributed by atoms with Crippen LogP contribution in [-0.2, 0) is 0 Å². The van der Waals surface area contributed by atoms with E-state index < -0.39 is 10.5 Å². The fourth-order valence-corrected chi connectivity index (χ4v) is 2.18. The first-order valence-corrected chi connectivity index (χ1v) is 7.12. The number of nitrogens with zero attached hydrogens (tertiary/aromatic N) is 2. The lowest BCUT2D eigenvalue weighted by molar-refractivity contribution is -0.384. The van der Waals surface area contributed by atoms with Crippen molar-refractivity contribution in [2.45, 2.75) is 6.92 Å². The third kappa shape index (κ3) is 3.14. The smallest absolute Gasteiger partial charge is 0.345 e. The summed E-state index contributed by atoms with van der Waals surface area (Å²) in [5.74, 6) is 0. The Bertz CT molecular complexity index is 991. The Morgan fingerprint density at radius 2 is 1.88 bits per heavy atom. The number of nitro groups is 1. The number of hydrogen-bond donors (Lipinski definition) is 1. The third-order valence-corrected chi connectivity index (χ3v) is 3.46. The fraction of sp³-hybridized carbons (Fsp3) is 0.0588. The Labute approximate surface area is 136 Å². The lowest BCUT2D eigenvalue weighted by Crippen LogP contribution is -2.13. The molecule has 0 saturated heterocycles. The molecule has 1 heterocycles. The number of fused-ring (bicyclic) bond motifs is 1. The standard InChI is InChI=1S/C17H13N3O4/c1-11(18-19-13-6-8-14(9-7-13)20(22)23)15-10-12-4-2-3-5-16(12)24-17(15)21/h2-10,19H,1H3. The summed E-state index contributed by atoms with van der Waals surface area (Å²) in [6.45, 7) is 1.68. The molecule has 0 unspecified atom stereocenters. The second-order valence-corrected chi connectivity index (χ2v) is 5.10. The van der Waals surface area contributed by atoms with Crippen molar-refractivity contribution < 1.29 is 9.34 Å². The van der Waals surface area contributed by atoms with Crippen LogP contribution in [-0.4, -0.2) is 10.6 Å². The molecule has 0 aliphatic rings. The zero-order chi connectivity index (χ0) is 17.1. The Morgan fingerprint density at radius 3 is 2.58 bits per heavy atom. The summed E-state index contributed by atoms with van der Waals surface area (Å²) < 4.78 is 5.27. The lowest BCUT2D eigenvalue weighted by atomic mass is 10.1. The second kappa shape index (κ2) is 6.33. The SMILES string of the molecule is CC(=NNc1ccc([N+](=O)[O-])cc1)c1cc2ccccc2oc1=O. The average Bonchev–Trinajstić information content (AvgIpc) is 2.59. The highest BCUT2D eigenvalue weighted by atomic mass is 16.6. The van der Waals surface area contributed by atoms with Gasteiger partial charge in [-0.3, -0.25) is 15.5 Å². The molecule has 0 spiro atoms. The molecule has 0 fully saturated rings. The van der Waals surface area contributed by atoms with Crippen LogP contribution in [0.3, 0.4) is 0 Å². The number of benzene rings is 2. The predicted octanol–water partition coefficient (Wildman–Crippen LogP) is 3.54. The van der Waals surface area contributed by atoms with Crippen molar-refractivity contribution in [3.05, 3.63) is 80.7 Å². The molecule has 0 radical (unpaired) electrons. The van der Waals surface area contributed by atoms with Crippen molar-refractivity contribution in [1.29, 1.82) is 0 Å². The first-order chi connectivity index (χ1) is 11.5. The van der Waals surface area contributed by atoms with Gasteiger partial charge in [-0.25, -0.2) is 4.79 Å². The molecule has 2 aromatic carbocycles. The minimum atomic E-state index is -0.474. The van der Waals surface area contributed by atoms with Crippen LogP contribution in [0.5, 0.6) is 0 Å². The molecule has 0 aliphatic heterocycles. The summed E-state index contributed by atoms with van der Waals surface area (Å²) in [4.78, 5) is 22.2. The molecule has 0 atom stereocenters. The van der Waals surface area contributed by atoms with Crippen molar-refractivity contribution in [3.8, 4) is 0 Å². The molecule has 1 N–H and O–H groups in total. The molecule has 1 aromatic heterocycles. The van der Waals surface area contributed by atoms with Crippen LogP contribution in [0.25, 0.3) is 11.0 Å². The minimum Gasteiger partial charge on any atom is -0.422 e. The molecule has 120 valence electrons. The van der Waals surface area contributed by atoms with Crippen LogP contribution < -0.4 is 11.1 Å². The quantitative estimate of drug-likeness (QED) is 0.343. The van der Waals surface area contributed by atoms with Crippen molar-refractivity contribution in [3.63, 3.8) is 0 Å². The first-order valence-electron chi connectivity index (χ1n) is 7.12. The normalized spacial score (nSPS) is 11.5. The first kappa shape index (κ1) is 15.4. The van der Waals surface area contributed by atoms with Gasteiger partial charge in [0.1, 0.15) is 5.58 Å². The summed E-state index contributed by atoms with van der Waals surface area (Å²) in [7, 11) is 0. The highest BCUT2D eigenvalue weighted by Gasteiger charge is 2.08. The molecule has 3 rings (SSSR count). The summed E-state index contributed by atoms with van der Waals surface area (Å²) in [5, 5.41) is 15.6. The Morgan fingerprint density at radius 1 is 1.17 bits per heavy atom. The van der Waals surface area contributed by atoms with Gasteiger partial charge >= 0.3 is 5.63 Å². The van der Waals surface area contributed by atoms with Gasteiger partial charge in [0.05, 0.1) is 21.9 Å². The van der Waals surface area contributed by atoms with Crippen molar-refractivity contribution >= 4 is 28.1 Å². The maximum atomic E-state index is 12.1. The second-order valence-electron chi connectivity index (χ2n) is 5.10. The van der Waals surface area contributed by atoms with Gasteiger partial charge < -0.3 is 4.42 Å². The van der Waals surface area contributed by atoms with Gasteiger partial charge in [0.25, 0.3) is 5.69 Å². The van der Waals surface area contributed by atoms with E-state index in [1.54, 1.807) is 25.1 Å². The molecular weight excluding hydrogens is 310 g/mol. The maximum absolute atomic E-state index is 12.1. The number of hydrogen-bond acceptors (Lipinski definition) is 6. The van der Waals surface area contributed by atoms with Gasteiger partial charge in [-0.15, -0.1) is 0 Å². The zero-order valence-corrected chi connectivity index (χ0v) is 12.7. The van der Waals surface area contributed by atoms with Gasteiger partial charge in [0, 0.05) is 17.5 Å². The van der Waals surface area contributed by atoms with E-state index in [0.717, 1.165) is 5.39 Å². The summed E-state index contributed by atoms with van der Waals surface area (Å²) in [6.07, 6.45) is 0. The molecule has 0 saturated carbocycles. The number of para-hydroxylation sites is 1. The highest BCUT2D eigenvalue weighted by Crippen LogP contribution is 2.16. The Kier molecular flexibility index (Phi) is 4.07. The number of anilines is 1. The summed E-state index contributed by atoms with van der Waals surface area (Å²) in [6, 6.07) is 14.8. The summed E-state index contributed by atoms with van der Waals surface area (Å²) >= 11 is 0. The van der Waals surface area contributed by atoms with E-state index >= 15 is 0 Å². The van der Waals surface area contributed by atoms with Crippen LogP contribution in [0.4, 0.5) is 11.4 Å². The lowest BCUT2D eigenvalue weighted by Gasteiger charge is -2.04. The maximum Gasteiger partial charge on any atom is 0.345 e. The van der Waals surface area contributed by atoms with Gasteiger partial charge in [-0.1, -0.05) is 18.2 Å². The average molecular weight is 323 g/mol. The van der Waals surface area contributed by atoms with E-state index in [2.05, 4.69) is 10.5 Å². The molecule has 0 bridgehead atoms. The van der Waals surface area contributed by atoms with Crippen LogP contribution in [0, 0.1) is 10.1 Å². The Hall–Kier alpha value is -3.48. The molecule has 0 amide bonds. The van der Waals surface area contributed by atoms with Crippen molar-refractivity contribution in [1.82, 2.24) is 0 Å². The number of nitro benzene ring substituents is 1. The van der Waals surface area contributed by atoms with E-state index in [1.165, 1.54) is 24.3 Å². The molecule has 3 aromatic rings. The third-order valence-electron chi connectivity index (χ3n) is 3.46. The molecule has 0 aliphatic carbocycles. The number of nitrogens with one attached hydrogen (secondary N) is 1. The number of hydrazone groups is 1. The molecular formula is C17H13N3O4. The predicted molar refractivity (Wildman–Crippen MR) is 91.4 cm³/mol. The van der Waals surface area contributed by atoms with Crippen molar-refractivity contribution in [2.75, 3.05) is 5.43 Å². The van der Waals surface area contributed by atoms with E-state index in [4.69, 9.17) is 4.42 Å². The fourth-order valence-electron chi connectivity index (χ4n) is 2.18. The van der Waals surface area contributed by atoms with Crippen LogP contribution in [0.2, 0.25) is 0 Å². The highest BCUT2D eigenvalue weighted by molar-refractivity contribution is 6.00. The van der Waals surface area contributed by atoms with E-state index in [9.17, 15) is 14.9 Å². The van der Waals surface area contributed by atoms with Gasteiger partial charge in [0.15, 0.2) is 0 Å². The van der Waals surface area contributed by atoms with Gasteiger partial charge in [0.2, 0.25) is 0 Å². The Balaban J connectivity index is 1.86. The van der Waals surface area contributed by atoms with Crippen LogP contribution >= 0.6 is 0 Å². The van der Waals surface area contributed by atoms with E-state index in [1.807, 2.05) is 12.1 Å².